The molecule has 1 unspecified atom stereocenters. The Balaban J connectivity index is 3.37. The molecular weight excluding hydrogens is 228 g/mol. The van der Waals surface area contributed by atoms with Gasteiger partial charge >= 0.3 is 0 Å². The first-order valence-electron chi connectivity index (χ1n) is 2.86. The fourth-order valence-corrected chi connectivity index (χ4v) is 2.55. The highest BCUT2D eigenvalue weighted by Crippen LogP contribution is 2.18. The van der Waals surface area contributed by atoms with Gasteiger partial charge in [-0.2, -0.15) is 0 Å². The van der Waals surface area contributed by atoms with Gasteiger partial charge in [0, 0.05) is 12.5 Å². The lowest BCUT2D eigenvalue weighted by molar-refractivity contribution is 0.678. The minimum atomic E-state index is -2.64. The van der Waals surface area contributed by atoms with E-state index in [4.69, 9.17) is 4.78 Å². The number of rotatable bonds is 1. The summed E-state index contributed by atoms with van der Waals surface area (Å²) < 4.78 is 19.0. The summed E-state index contributed by atoms with van der Waals surface area (Å²) in [5.41, 5.74) is 0. The number of nitrogens with one attached hydrogen (secondary N) is 1. The van der Waals surface area contributed by atoms with E-state index in [1.807, 2.05) is 0 Å². The van der Waals surface area contributed by atoms with Crippen molar-refractivity contribution in [2.75, 3.05) is 6.26 Å². The fourth-order valence-electron chi connectivity index (χ4n) is 0.662. The van der Waals surface area contributed by atoms with Gasteiger partial charge in [0.05, 0.1) is 14.6 Å². The highest BCUT2D eigenvalue weighted by molar-refractivity contribution is 9.10. The van der Waals surface area contributed by atoms with Gasteiger partial charge in [-0.05, 0) is 28.1 Å². The second-order valence-electron chi connectivity index (χ2n) is 2.14. The van der Waals surface area contributed by atoms with Crippen LogP contribution in [-0.2, 0) is 9.73 Å². The van der Waals surface area contributed by atoms with Crippen molar-refractivity contribution in [1.82, 2.24) is 4.98 Å². The Labute approximate surface area is 74.0 Å². The molecule has 0 aliphatic heterocycles. The van der Waals surface area contributed by atoms with Crippen LogP contribution in [0, 0.1) is 4.78 Å². The predicted octanol–water partition coefficient (Wildman–Crippen LogP) is 1.88. The molecule has 0 aliphatic rings. The number of hydrogen-bond acceptors (Lipinski definition) is 3. The quantitative estimate of drug-likeness (QED) is 0.755. The van der Waals surface area contributed by atoms with Gasteiger partial charge in [-0.1, -0.05) is 0 Å². The van der Waals surface area contributed by atoms with Gasteiger partial charge in [0.15, 0.2) is 0 Å². The van der Waals surface area contributed by atoms with Gasteiger partial charge < -0.3 is 0 Å². The molecule has 1 aromatic heterocycles. The van der Waals surface area contributed by atoms with Gasteiger partial charge in [-0.15, -0.1) is 0 Å². The van der Waals surface area contributed by atoms with Crippen molar-refractivity contribution < 1.29 is 4.21 Å². The summed E-state index contributed by atoms with van der Waals surface area (Å²) in [7, 11) is -2.64. The van der Waals surface area contributed by atoms with Crippen molar-refractivity contribution >= 4 is 25.7 Å². The molecule has 0 bridgehead atoms. The molecule has 1 atom stereocenters. The lowest BCUT2D eigenvalue weighted by Crippen LogP contribution is -1.96. The number of nitrogens with zero attached hydrogens (tertiary/aromatic N) is 1. The Morgan fingerprint density at radius 3 is 2.73 bits per heavy atom. The van der Waals surface area contributed by atoms with E-state index in [2.05, 4.69) is 20.9 Å². The van der Waals surface area contributed by atoms with Gasteiger partial charge in [0.2, 0.25) is 0 Å². The molecular formula is C6H7BrN2OS. The summed E-state index contributed by atoms with van der Waals surface area (Å²) >= 11 is 3.12. The van der Waals surface area contributed by atoms with Gasteiger partial charge in [-0.25, -0.2) is 14.0 Å². The minimum absolute atomic E-state index is 0.444. The van der Waals surface area contributed by atoms with Crippen LogP contribution in [0.25, 0.3) is 0 Å². The maximum Gasteiger partial charge on any atom is 0.123 e. The summed E-state index contributed by atoms with van der Waals surface area (Å²) in [6.45, 7) is 0. The number of halogens is 1. The van der Waals surface area contributed by atoms with Crippen molar-refractivity contribution in [1.29, 1.82) is 4.78 Å². The zero-order valence-electron chi connectivity index (χ0n) is 5.87. The van der Waals surface area contributed by atoms with E-state index in [9.17, 15) is 4.21 Å². The van der Waals surface area contributed by atoms with Crippen molar-refractivity contribution in [3.63, 3.8) is 0 Å². The normalized spacial score (nSPS) is 15.8. The Morgan fingerprint density at radius 2 is 2.36 bits per heavy atom. The average Bonchev–Trinajstić information content (AvgIpc) is 1.86. The molecule has 11 heavy (non-hydrogen) atoms. The largest absolute Gasteiger partial charge is 0.249 e. The highest BCUT2D eigenvalue weighted by Gasteiger charge is 2.06. The van der Waals surface area contributed by atoms with Gasteiger partial charge in [0.1, 0.15) is 4.60 Å². The first-order valence-corrected chi connectivity index (χ1v) is 5.62. The molecule has 0 fully saturated rings. The zero-order chi connectivity index (χ0) is 8.48. The summed E-state index contributed by atoms with van der Waals surface area (Å²) in [5.74, 6) is 0. The molecule has 1 heterocycles. The molecule has 3 nitrogen and oxygen atoms in total. The SMILES string of the molecule is CS(=N)(=O)c1cccnc1Br. The second kappa shape index (κ2) is 2.91. The molecule has 0 saturated heterocycles. The minimum Gasteiger partial charge on any atom is -0.249 e. The van der Waals surface area contributed by atoms with Crippen LogP contribution in [0.3, 0.4) is 0 Å². The highest BCUT2D eigenvalue weighted by atomic mass is 79.9. The van der Waals surface area contributed by atoms with Gasteiger partial charge in [0.25, 0.3) is 0 Å². The van der Waals surface area contributed by atoms with Crippen LogP contribution in [0.4, 0.5) is 0 Å². The summed E-state index contributed by atoms with van der Waals surface area (Å²) in [5, 5.41) is 0. The molecule has 60 valence electrons. The van der Waals surface area contributed by atoms with Crippen LogP contribution in [-0.4, -0.2) is 15.4 Å². The molecule has 0 aromatic carbocycles. The van der Waals surface area contributed by atoms with Crippen molar-refractivity contribution in [3.05, 3.63) is 22.9 Å². The molecule has 0 spiro atoms. The Morgan fingerprint density at radius 1 is 1.73 bits per heavy atom. The standard InChI is InChI=1S/C6H7BrN2OS/c1-11(8,10)5-3-2-4-9-6(5)7/h2-4,8H,1H3. The first kappa shape index (κ1) is 8.67. The molecule has 0 aliphatic carbocycles. The molecule has 1 rings (SSSR count). The van der Waals surface area contributed by atoms with E-state index in [-0.39, 0.29) is 0 Å². The number of hydrogen-bond donors (Lipinski definition) is 1. The van der Waals surface area contributed by atoms with E-state index in [0.717, 1.165) is 0 Å². The molecule has 0 saturated carbocycles. The van der Waals surface area contributed by atoms with Crippen LogP contribution in [0.2, 0.25) is 0 Å². The predicted molar refractivity (Wildman–Crippen MR) is 47.0 cm³/mol. The number of pyridine rings is 1. The first-order chi connectivity index (χ1) is 5.02. The molecule has 1 aromatic rings. The second-order valence-corrected chi connectivity index (χ2v) is 5.01. The van der Waals surface area contributed by atoms with Crippen LogP contribution in [0.15, 0.2) is 27.8 Å². The third kappa shape index (κ3) is 2.00. The summed E-state index contributed by atoms with van der Waals surface area (Å²) in [6.07, 6.45) is 2.95. The smallest absolute Gasteiger partial charge is 0.123 e. The van der Waals surface area contributed by atoms with Crippen molar-refractivity contribution in [3.8, 4) is 0 Å². The topological polar surface area (TPSA) is 53.8 Å². The Kier molecular flexibility index (Phi) is 2.29. The van der Waals surface area contributed by atoms with E-state index in [1.54, 1.807) is 18.3 Å². The number of aromatic nitrogens is 1. The lowest BCUT2D eigenvalue weighted by Gasteiger charge is -2.00. The summed E-state index contributed by atoms with van der Waals surface area (Å²) in [6, 6.07) is 3.30. The van der Waals surface area contributed by atoms with Crippen molar-refractivity contribution in [2.24, 2.45) is 0 Å². The Bertz CT molecular complexity index is 361. The van der Waals surface area contributed by atoms with E-state index in [0.29, 0.717) is 9.50 Å². The van der Waals surface area contributed by atoms with Crippen LogP contribution >= 0.6 is 15.9 Å². The third-order valence-corrected chi connectivity index (χ3v) is 3.21. The third-order valence-electron chi connectivity index (χ3n) is 1.14. The Hall–Kier alpha value is -0.420. The van der Waals surface area contributed by atoms with E-state index >= 15 is 0 Å². The zero-order valence-corrected chi connectivity index (χ0v) is 8.28. The van der Waals surface area contributed by atoms with Gasteiger partial charge in [-0.3, -0.25) is 0 Å². The van der Waals surface area contributed by atoms with Crippen LogP contribution in [0.1, 0.15) is 0 Å². The van der Waals surface area contributed by atoms with E-state index in [1.165, 1.54) is 6.26 Å². The average molecular weight is 235 g/mol. The van der Waals surface area contributed by atoms with Crippen molar-refractivity contribution in [2.45, 2.75) is 4.90 Å². The van der Waals surface area contributed by atoms with Crippen LogP contribution in [0.5, 0.6) is 0 Å². The molecule has 1 N–H and O–H groups in total. The molecule has 5 heteroatoms. The molecule has 0 radical (unpaired) electrons. The van der Waals surface area contributed by atoms with E-state index < -0.39 is 9.73 Å². The van der Waals surface area contributed by atoms with Crippen LogP contribution < -0.4 is 0 Å². The monoisotopic (exact) mass is 234 g/mol. The fraction of sp³-hybridized carbons (Fsp3) is 0.167. The summed E-state index contributed by atoms with van der Waals surface area (Å²) in [4.78, 5) is 4.31. The maximum atomic E-state index is 11.2. The lowest BCUT2D eigenvalue weighted by atomic mass is 10.5. The maximum absolute atomic E-state index is 11.2. The molecule has 0 amide bonds.